The summed E-state index contributed by atoms with van der Waals surface area (Å²) in [5.41, 5.74) is 4.08. The molecule has 0 unspecified atom stereocenters. The SMILES string of the molecule is COc1ccc(COC(=O)N/N=C(\C)CC(=O)Nc2cccc(Cl)c2)cc1. The average Bonchev–Trinajstić information content (AvgIpc) is 2.65. The van der Waals surface area contributed by atoms with Gasteiger partial charge in [-0.2, -0.15) is 5.10 Å². The molecular formula is C19H20ClN3O4. The minimum Gasteiger partial charge on any atom is -0.497 e. The molecule has 2 aromatic carbocycles. The standard InChI is InChI=1S/C19H20ClN3O4/c1-13(10-18(24)21-16-5-3-4-15(20)11-16)22-23-19(25)27-12-14-6-8-17(26-2)9-7-14/h3-9,11H,10,12H2,1-2H3,(H,21,24)(H,23,25)/b22-13+. The molecule has 0 heterocycles. The van der Waals surface area contributed by atoms with Crippen molar-refractivity contribution in [2.75, 3.05) is 12.4 Å². The number of nitrogens with one attached hydrogen (secondary N) is 2. The molecule has 0 radical (unpaired) electrons. The molecule has 0 aromatic heterocycles. The van der Waals surface area contributed by atoms with Crippen molar-refractivity contribution in [3.05, 3.63) is 59.1 Å². The van der Waals surface area contributed by atoms with Gasteiger partial charge in [0.05, 0.1) is 13.5 Å². The fraction of sp³-hybridized carbons (Fsp3) is 0.211. The molecule has 0 aliphatic carbocycles. The lowest BCUT2D eigenvalue weighted by molar-refractivity contribution is -0.115. The summed E-state index contributed by atoms with van der Waals surface area (Å²) < 4.78 is 10.1. The Kier molecular flexibility index (Phi) is 7.63. The van der Waals surface area contributed by atoms with E-state index in [1.54, 1.807) is 62.6 Å². The van der Waals surface area contributed by atoms with Crippen LogP contribution in [0.4, 0.5) is 10.5 Å². The predicted octanol–water partition coefficient (Wildman–Crippen LogP) is 3.98. The fourth-order valence-corrected chi connectivity index (χ4v) is 2.28. The minimum atomic E-state index is -0.708. The number of amides is 2. The van der Waals surface area contributed by atoms with Gasteiger partial charge < -0.3 is 14.8 Å². The number of hydrazone groups is 1. The Morgan fingerprint density at radius 2 is 1.89 bits per heavy atom. The van der Waals surface area contributed by atoms with Crippen LogP contribution < -0.4 is 15.5 Å². The number of hydrogen-bond acceptors (Lipinski definition) is 5. The molecule has 0 aliphatic rings. The Morgan fingerprint density at radius 3 is 2.56 bits per heavy atom. The summed E-state index contributed by atoms with van der Waals surface area (Å²) in [6.07, 6.45) is -0.689. The van der Waals surface area contributed by atoms with E-state index in [1.165, 1.54) is 0 Å². The summed E-state index contributed by atoms with van der Waals surface area (Å²) in [7, 11) is 1.58. The highest BCUT2D eigenvalue weighted by molar-refractivity contribution is 6.30. The molecule has 0 saturated carbocycles. The van der Waals surface area contributed by atoms with Crippen molar-refractivity contribution >= 4 is 35.0 Å². The minimum absolute atomic E-state index is 0.0191. The van der Waals surface area contributed by atoms with Crippen molar-refractivity contribution in [2.45, 2.75) is 20.0 Å². The third-order valence-corrected chi connectivity index (χ3v) is 3.63. The van der Waals surface area contributed by atoms with E-state index < -0.39 is 6.09 Å². The van der Waals surface area contributed by atoms with Gasteiger partial charge >= 0.3 is 6.09 Å². The molecule has 0 atom stereocenters. The maximum absolute atomic E-state index is 12.0. The van der Waals surface area contributed by atoms with Gasteiger partial charge in [0.25, 0.3) is 0 Å². The lowest BCUT2D eigenvalue weighted by Gasteiger charge is -2.07. The largest absolute Gasteiger partial charge is 0.497 e. The van der Waals surface area contributed by atoms with Crippen molar-refractivity contribution in [1.29, 1.82) is 0 Å². The van der Waals surface area contributed by atoms with Crippen LogP contribution in [0.2, 0.25) is 5.02 Å². The van der Waals surface area contributed by atoms with Crippen molar-refractivity contribution in [3.63, 3.8) is 0 Å². The first-order chi connectivity index (χ1) is 13.0. The lowest BCUT2D eigenvalue weighted by atomic mass is 10.2. The summed E-state index contributed by atoms with van der Waals surface area (Å²) in [5.74, 6) is 0.450. The topological polar surface area (TPSA) is 89.0 Å². The number of methoxy groups -OCH3 is 1. The van der Waals surface area contributed by atoms with Crippen LogP contribution in [0.5, 0.6) is 5.75 Å². The molecule has 0 saturated heterocycles. The zero-order valence-electron chi connectivity index (χ0n) is 15.0. The highest BCUT2D eigenvalue weighted by Gasteiger charge is 2.07. The second-order valence-corrected chi connectivity index (χ2v) is 6.05. The van der Waals surface area contributed by atoms with Gasteiger partial charge in [-0.15, -0.1) is 0 Å². The summed E-state index contributed by atoms with van der Waals surface area (Å²) >= 11 is 5.87. The highest BCUT2D eigenvalue weighted by Crippen LogP contribution is 2.15. The Bertz CT molecular complexity index is 822. The van der Waals surface area contributed by atoms with Crippen LogP contribution in [-0.4, -0.2) is 24.8 Å². The quantitative estimate of drug-likeness (QED) is 0.553. The maximum Gasteiger partial charge on any atom is 0.428 e. The maximum atomic E-state index is 12.0. The summed E-state index contributed by atoms with van der Waals surface area (Å²) in [6, 6.07) is 14.0. The Balaban J connectivity index is 1.74. The first kappa shape index (κ1) is 20.3. The third-order valence-electron chi connectivity index (χ3n) is 3.39. The number of anilines is 1. The fourth-order valence-electron chi connectivity index (χ4n) is 2.09. The van der Waals surface area contributed by atoms with Crippen molar-refractivity contribution < 1.29 is 19.1 Å². The third kappa shape index (κ3) is 7.37. The zero-order chi connectivity index (χ0) is 19.6. The van der Waals surface area contributed by atoms with Crippen LogP contribution in [0, 0.1) is 0 Å². The van der Waals surface area contributed by atoms with Crippen LogP contribution in [0.15, 0.2) is 53.6 Å². The van der Waals surface area contributed by atoms with Crippen molar-refractivity contribution in [3.8, 4) is 5.75 Å². The Morgan fingerprint density at radius 1 is 1.15 bits per heavy atom. The Hall–Kier alpha value is -3.06. The van der Waals surface area contributed by atoms with Gasteiger partial charge in [-0.25, -0.2) is 10.2 Å². The van der Waals surface area contributed by atoms with Gasteiger partial charge in [0, 0.05) is 16.4 Å². The molecule has 7 nitrogen and oxygen atoms in total. The first-order valence-corrected chi connectivity index (χ1v) is 8.48. The number of carbonyl (C=O) groups is 2. The van der Waals surface area contributed by atoms with Crippen LogP contribution >= 0.6 is 11.6 Å². The van der Waals surface area contributed by atoms with E-state index in [0.29, 0.717) is 16.4 Å². The Labute approximate surface area is 162 Å². The summed E-state index contributed by atoms with van der Waals surface area (Å²) in [6.45, 7) is 1.72. The van der Waals surface area contributed by atoms with Gasteiger partial charge in [-0.05, 0) is 42.8 Å². The monoisotopic (exact) mass is 389 g/mol. The van der Waals surface area contributed by atoms with Gasteiger partial charge in [0.15, 0.2) is 0 Å². The highest BCUT2D eigenvalue weighted by atomic mass is 35.5. The van der Waals surface area contributed by atoms with E-state index in [9.17, 15) is 9.59 Å². The van der Waals surface area contributed by atoms with Crippen LogP contribution in [0.25, 0.3) is 0 Å². The second-order valence-electron chi connectivity index (χ2n) is 5.62. The van der Waals surface area contributed by atoms with Gasteiger partial charge in [-0.1, -0.05) is 29.8 Å². The van der Waals surface area contributed by atoms with Gasteiger partial charge in [0.2, 0.25) is 5.91 Å². The smallest absolute Gasteiger partial charge is 0.428 e. The number of halogens is 1. The summed E-state index contributed by atoms with van der Waals surface area (Å²) in [4.78, 5) is 23.6. The molecule has 0 aliphatic heterocycles. The zero-order valence-corrected chi connectivity index (χ0v) is 15.7. The van der Waals surface area contributed by atoms with Crippen LogP contribution in [0.1, 0.15) is 18.9 Å². The molecule has 142 valence electrons. The number of ether oxygens (including phenoxy) is 2. The van der Waals surface area contributed by atoms with E-state index in [1.807, 2.05) is 0 Å². The van der Waals surface area contributed by atoms with Crippen LogP contribution in [0.3, 0.4) is 0 Å². The molecule has 8 heteroatoms. The molecule has 0 bridgehead atoms. The molecule has 0 fully saturated rings. The van der Waals surface area contributed by atoms with Crippen molar-refractivity contribution in [2.24, 2.45) is 5.10 Å². The number of benzene rings is 2. The average molecular weight is 390 g/mol. The molecular weight excluding hydrogens is 370 g/mol. The number of nitrogens with zero attached hydrogens (tertiary/aromatic N) is 1. The molecule has 2 N–H and O–H groups in total. The summed E-state index contributed by atoms with van der Waals surface area (Å²) in [5, 5.41) is 7.07. The van der Waals surface area contributed by atoms with Crippen LogP contribution in [-0.2, 0) is 16.1 Å². The number of rotatable bonds is 7. The lowest BCUT2D eigenvalue weighted by Crippen LogP contribution is -2.22. The van der Waals surface area contributed by atoms with E-state index in [-0.39, 0.29) is 18.9 Å². The van der Waals surface area contributed by atoms with Crippen molar-refractivity contribution in [1.82, 2.24) is 5.43 Å². The van der Waals surface area contributed by atoms with Gasteiger partial charge in [-0.3, -0.25) is 4.79 Å². The van der Waals surface area contributed by atoms with E-state index in [0.717, 1.165) is 11.3 Å². The normalized spacial score (nSPS) is 10.9. The molecule has 2 aromatic rings. The number of hydrogen-bond donors (Lipinski definition) is 2. The number of carbonyl (C=O) groups excluding carboxylic acids is 2. The molecule has 2 rings (SSSR count). The first-order valence-electron chi connectivity index (χ1n) is 8.10. The van der Waals surface area contributed by atoms with E-state index in [4.69, 9.17) is 21.1 Å². The van der Waals surface area contributed by atoms with E-state index in [2.05, 4.69) is 15.8 Å². The molecule has 0 spiro atoms. The predicted molar refractivity (Wildman–Crippen MR) is 104 cm³/mol. The van der Waals surface area contributed by atoms with Gasteiger partial charge in [0.1, 0.15) is 12.4 Å². The van der Waals surface area contributed by atoms with E-state index >= 15 is 0 Å². The molecule has 2 amide bonds. The second kappa shape index (κ2) is 10.2. The molecule has 27 heavy (non-hydrogen) atoms.